The van der Waals surface area contributed by atoms with Crippen LogP contribution in [0.3, 0.4) is 0 Å². The summed E-state index contributed by atoms with van der Waals surface area (Å²) in [4.78, 5) is 11.8. The van der Waals surface area contributed by atoms with Crippen LogP contribution < -0.4 is 5.32 Å². The molecule has 0 saturated heterocycles. The van der Waals surface area contributed by atoms with Gasteiger partial charge in [0.25, 0.3) is 0 Å². The van der Waals surface area contributed by atoms with Gasteiger partial charge in [0, 0.05) is 15.1 Å². The smallest absolute Gasteiger partial charge is 0.224 e. The Morgan fingerprint density at radius 2 is 1.95 bits per heavy atom. The maximum Gasteiger partial charge on any atom is 0.224 e. The molecule has 2 aromatic carbocycles. The number of rotatable bonds is 5. The third kappa shape index (κ3) is 5.30. The molecule has 1 atom stereocenters. The fraction of sp³-hybridized carbons (Fsp3) is 0.188. The molecular formula is C16H15ClINO2. The molecule has 2 aromatic rings. The van der Waals surface area contributed by atoms with Crippen molar-refractivity contribution in [3.63, 3.8) is 0 Å². The van der Waals surface area contributed by atoms with Crippen molar-refractivity contribution in [3.05, 3.63) is 68.3 Å². The first-order valence-electron chi connectivity index (χ1n) is 6.49. The van der Waals surface area contributed by atoms with E-state index in [1.54, 1.807) is 24.3 Å². The Morgan fingerprint density at radius 1 is 1.24 bits per heavy atom. The number of hydrogen-bond acceptors (Lipinski definition) is 2. The summed E-state index contributed by atoms with van der Waals surface area (Å²) in [5.74, 6) is -0.114. The van der Waals surface area contributed by atoms with Crippen molar-refractivity contribution in [2.75, 3.05) is 6.54 Å². The Balaban J connectivity index is 1.84. The molecule has 2 rings (SSSR count). The van der Waals surface area contributed by atoms with Crippen LogP contribution >= 0.6 is 34.2 Å². The highest BCUT2D eigenvalue weighted by atomic mass is 127. The van der Waals surface area contributed by atoms with E-state index in [2.05, 4.69) is 27.9 Å². The zero-order valence-corrected chi connectivity index (χ0v) is 14.1. The second-order valence-corrected chi connectivity index (χ2v) is 6.36. The minimum absolute atomic E-state index is 0.114. The molecule has 0 aromatic heterocycles. The summed E-state index contributed by atoms with van der Waals surface area (Å²) in [6.07, 6.45) is -0.455. The summed E-state index contributed by atoms with van der Waals surface area (Å²) < 4.78 is 1.13. The third-order valence-corrected chi connectivity index (χ3v) is 3.96. The van der Waals surface area contributed by atoms with Crippen molar-refractivity contribution in [3.8, 4) is 0 Å². The van der Waals surface area contributed by atoms with Crippen molar-refractivity contribution < 1.29 is 9.90 Å². The lowest BCUT2D eigenvalue weighted by Crippen LogP contribution is -2.29. The van der Waals surface area contributed by atoms with E-state index >= 15 is 0 Å². The highest BCUT2D eigenvalue weighted by molar-refractivity contribution is 14.1. The lowest BCUT2D eigenvalue weighted by Gasteiger charge is -2.12. The molecule has 0 saturated carbocycles. The van der Waals surface area contributed by atoms with E-state index in [0.29, 0.717) is 17.0 Å². The number of benzene rings is 2. The van der Waals surface area contributed by atoms with Crippen molar-refractivity contribution in [1.82, 2.24) is 5.32 Å². The van der Waals surface area contributed by atoms with Crippen LogP contribution in [0, 0.1) is 3.57 Å². The Labute approximate surface area is 142 Å². The van der Waals surface area contributed by atoms with E-state index in [-0.39, 0.29) is 12.5 Å². The van der Waals surface area contributed by atoms with Crippen molar-refractivity contribution in [2.24, 2.45) is 0 Å². The van der Waals surface area contributed by atoms with Crippen molar-refractivity contribution >= 4 is 40.1 Å². The van der Waals surface area contributed by atoms with Crippen LogP contribution in [-0.2, 0) is 11.2 Å². The molecule has 0 aliphatic rings. The molecule has 0 fully saturated rings. The first-order valence-corrected chi connectivity index (χ1v) is 7.95. The fourth-order valence-electron chi connectivity index (χ4n) is 1.89. The normalized spacial score (nSPS) is 12.0. The summed E-state index contributed by atoms with van der Waals surface area (Å²) in [6, 6.07) is 14.8. The molecule has 0 spiro atoms. The van der Waals surface area contributed by atoms with Gasteiger partial charge < -0.3 is 10.4 Å². The number of hydrogen-bond donors (Lipinski definition) is 2. The van der Waals surface area contributed by atoms with Gasteiger partial charge in [-0.25, -0.2) is 0 Å². The van der Waals surface area contributed by atoms with E-state index in [0.717, 1.165) is 9.13 Å². The van der Waals surface area contributed by atoms with Gasteiger partial charge in [-0.1, -0.05) is 35.9 Å². The van der Waals surface area contributed by atoms with Gasteiger partial charge in [-0.3, -0.25) is 4.79 Å². The predicted octanol–water partition coefficient (Wildman–Crippen LogP) is 3.34. The number of halogens is 2. The van der Waals surface area contributed by atoms with E-state index < -0.39 is 6.10 Å². The monoisotopic (exact) mass is 415 g/mol. The summed E-state index contributed by atoms with van der Waals surface area (Å²) in [7, 11) is 0. The van der Waals surface area contributed by atoms with Crippen molar-refractivity contribution in [1.29, 1.82) is 0 Å². The highest BCUT2D eigenvalue weighted by Gasteiger charge is 2.10. The van der Waals surface area contributed by atoms with Crippen LogP contribution in [-0.4, -0.2) is 17.6 Å². The predicted molar refractivity (Wildman–Crippen MR) is 92.3 cm³/mol. The molecule has 21 heavy (non-hydrogen) atoms. The topological polar surface area (TPSA) is 49.3 Å². The van der Waals surface area contributed by atoms with Gasteiger partial charge in [-0.2, -0.15) is 0 Å². The molecule has 5 heteroatoms. The fourth-order valence-corrected chi connectivity index (χ4v) is 2.45. The van der Waals surface area contributed by atoms with Crippen LogP contribution in [0.4, 0.5) is 0 Å². The summed E-state index contributed by atoms with van der Waals surface area (Å²) in [5, 5.41) is 13.3. The minimum atomic E-state index is -0.760. The number of aliphatic hydroxyl groups is 1. The molecule has 1 amide bonds. The molecule has 110 valence electrons. The zero-order valence-electron chi connectivity index (χ0n) is 11.2. The Hall–Kier alpha value is -1.11. The Bertz CT molecular complexity index is 616. The molecule has 0 heterocycles. The third-order valence-electron chi connectivity index (χ3n) is 3.00. The average molecular weight is 416 g/mol. The number of carbonyl (C=O) groups is 1. The van der Waals surface area contributed by atoms with Crippen molar-refractivity contribution in [2.45, 2.75) is 12.5 Å². The number of nitrogens with one attached hydrogen (secondary N) is 1. The van der Waals surface area contributed by atoms with Gasteiger partial charge in [-0.15, -0.1) is 0 Å². The number of carbonyl (C=O) groups excluding carboxylic acids is 1. The standard InChI is InChI=1S/C16H15ClINO2/c17-13-3-1-2-12(9-13)15(20)10-19-16(21)8-11-4-6-14(18)7-5-11/h1-7,9,15,20H,8,10H2,(H,19,21)/t15-/m0/s1. The molecule has 2 N–H and O–H groups in total. The number of aliphatic hydroxyl groups excluding tert-OH is 1. The lowest BCUT2D eigenvalue weighted by atomic mass is 10.1. The molecular weight excluding hydrogens is 401 g/mol. The molecule has 3 nitrogen and oxygen atoms in total. The first kappa shape index (κ1) is 16.3. The second kappa shape index (κ2) is 7.77. The summed E-state index contributed by atoms with van der Waals surface area (Å²) in [6.45, 7) is 0.170. The molecule has 0 aliphatic carbocycles. The molecule has 0 radical (unpaired) electrons. The van der Waals surface area contributed by atoms with E-state index in [9.17, 15) is 9.90 Å². The van der Waals surface area contributed by atoms with Gasteiger partial charge in [-0.05, 0) is 58.0 Å². The van der Waals surface area contributed by atoms with E-state index in [1.807, 2.05) is 24.3 Å². The summed E-state index contributed by atoms with van der Waals surface area (Å²) in [5.41, 5.74) is 1.64. The average Bonchev–Trinajstić information content (AvgIpc) is 2.47. The minimum Gasteiger partial charge on any atom is -0.387 e. The Morgan fingerprint density at radius 3 is 2.62 bits per heavy atom. The highest BCUT2D eigenvalue weighted by Crippen LogP contribution is 2.17. The lowest BCUT2D eigenvalue weighted by molar-refractivity contribution is -0.120. The van der Waals surface area contributed by atoms with Crippen LogP contribution in [0.5, 0.6) is 0 Å². The molecule has 0 aliphatic heterocycles. The summed E-state index contributed by atoms with van der Waals surface area (Å²) >= 11 is 8.09. The zero-order chi connectivity index (χ0) is 15.2. The van der Waals surface area contributed by atoms with E-state index in [1.165, 1.54) is 0 Å². The van der Waals surface area contributed by atoms with Crippen LogP contribution in [0.25, 0.3) is 0 Å². The van der Waals surface area contributed by atoms with Crippen LogP contribution in [0.15, 0.2) is 48.5 Å². The molecule has 0 unspecified atom stereocenters. The van der Waals surface area contributed by atoms with Gasteiger partial charge in [0.15, 0.2) is 0 Å². The maximum absolute atomic E-state index is 11.8. The van der Waals surface area contributed by atoms with Gasteiger partial charge in [0.2, 0.25) is 5.91 Å². The quantitative estimate of drug-likeness (QED) is 0.736. The number of amides is 1. The maximum atomic E-state index is 11.8. The molecule has 0 bridgehead atoms. The largest absolute Gasteiger partial charge is 0.387 e. The second-order valence-electron chi connectivity index (χ2n) is 4.68. The Kier molecular flexibility index (Phi) is 6.02. The van der Waals surface area contributed by atoms with Crippen LogP contribution in [0.2, 0.25) is 5.02 Å². The SMILES string of the molecule is O=C(Cc1ccc(I)cc1)NC[C@H](O)c1cccc(Cl)c1. The van der Waals surface area contributed by atoms with Gasteiger partial charge in [0.1, 0.15) is 0 Å². The first-order chi connectivity index (χ1) is 10.0. The van der Waals surface area contributed by atoms with E-state index in [4.69, 9.17) is 11.6 Å². The van der Waals surface area contributed by atoms with Crippen LogP contribution in [0.1, 0.15) is 17.2 Å². The van der Waals surface area contributed by atoms with Gasteiger partial charge in [0.05, 0.1) is 12.5 Å². The van der Waals surface area contributed by atoms with Gasteiger partial charge >= 0.3 is 0 Å².